The third-order valence-corrected chi connectivity index (χ3v) is 4.48. The Hall–Kier alpha value is -2.05. The van der Waals surface area contributed by atoms with Crippen LogP contribution in [0.5, 0.6) is 11.5 Å². The fourth-order valence-electron chi connectivity index (χ4n) is 2.70. The van der Waals surface area contributed by atoms with Crippen LogP contribution in [0.4, 0.5) is 5.69 Å². The first-order valence-electron chi connectivity index (χ1n) is 8.15. The number of amides is 1. The second-order valence-corrected chi connectivity index (χ2v) is 6.66. The van der Waals surface area contributed by atoms with Crippen molar-refractivity contribution in [2.45, 2.75) is 18.9 Å². The van der Waals surface area contributed by atoms with Crippen molar-refractivity contribution in [1.82, 2.24) is 0 Å². The van der Waals surface area contributed by atoms with E-state index in [0.29, 0.717) is 29.4 Å². The molecule has 1 atom stereocenters. The van der Waals surface area contributed by atoms with E-state index < -0.39 is 0 Å². The van der Waals surface area contributed by atoms with E-state index >= 15 is 0 Å². The van der Waals surface area contributed by atoms with Crippen LogP contribution in [0.1, 0.15) is 23.2 Å². The van der Waals surface area contributed by atoms with Gasteiger partial charge in [-0.2, -0.15) is 0 Å². The van der Waals surface area contributed by atoms with Crippen LogP contribution in [0.3, 0.4) is 0 Å². The number of hydrogen-bond donors (Lipinski definition) is 1. The molecule has 1 aliphatic rings. The number of carbonyl (C=O) groups is 1. The lowest BCUT2D eigenvalue weighted by molar-refractivity contribution is 0.0682. The van der Waals surface area contributed by atoms with Crippen molar-refractivity contribution in [3.8, 4) is 11.5 Å². The number of halogens is 1. The van der Waals surface area contributed by atoms with Crippen LogP contribution < -0.4 is 14.8 Å². The maximum atomic E-state index is 12.7. The molecule has 3 rings (SSSR count). The molecule has 0 spiro atoms. The van der Waals surface area contributed by atoms with Gasteiger partial charge in [0.05, 0.1) is 24.5 Å². The number of rotatable bonds is 6. The van der Waals surface area contributed by atoms with Gasteiger partial charge in [-0.1, -0.05) is 28.1 Å². The van der Waals surface area contributed by atoms with E-state index in [9.17, 15) is 4.79 Å². The number of benzene rings is 2. The van der Waals surface area contributed by atoms with Crippen LogP contribution in [0, 0.1) is 0 Å². The zero-order valence-corrected chi connectivity index (χ0v) is 15.5. The molecule has 2 aromatic rings. The molecule has 1 saturated heterocycles. The van der Waals surface area contributed by atoms with Gasteiger partial charge in [-0.05, 0) is 43.2 Å². The van der Waals surface area contributed by atoms with Crippen molar-refractivity contribution < 1.29 is 19.0 Å². The minimum absolute atomic E-state index is 0.119. The second kappa shape index (κ2) is 8.36. The quantitative estimate of drug-likeness (QED) is 0.779. The Balaban J connectivity index is 1.74. The van der Waals surface area contributed by atoms with Gasteiger partial charge in [0.2, 0.25) is 0 Å². The molecule has 1 unspecified atom stereocenters. The van der Waals surface area contributed by atoms with Gasteiger partial charge in [0.15, 0.2) is 0 Å². The fraction of sp³-hybridized carbons (Fsp3) is 0.316. The topological polar surface area (TPSA) is 56.8 Å². The van der Waals surface area contributed by atoms with Gasteiger partial charge in [0.1, 0.15) is 18.1 Å². The Kier molecular flexibility index (Phi) is 5.94. The zero-order valence-electron chi connectivity index (χ0n) is 14.0. The SMILES string of the molecule is COc1ccc(Br)cc1C(=O)Nc1ccccc1OCC1CCCO1. The average Bonchev–Trinajstić information content (AvgIpc) is 3.14. The van der Waals surface area contributed by atoms with Crippen molar-refractivity contribution in [2.24, 2.45) is 0 Å². The van der Waals surface area contributed by atoms with Gasteiger partial charge < -0.3 is 19.5 Å². The summed E-state index contributed by atoms with van der Waals surface area (Å²) >= 11 is 3.38. The van der Waals surface area contributed by atoms with Gasteiger partial charge >= 0.3 is 0 Å². The largest absolute Gasteiger partial charge is 0.496 e. The van der Waals surface area contributed by atoms with Crippen molar-refractivity contribution in [3.05, 3.63) is 52.5 Å². The van der Waals surface area contributed by atoms with Crippen LogP contribution in [0.2, 0.25) is 0 Å². The second-order valence-electron chi connectivity index (χ2n) is 5.74. The summed E-state index contributed by atoms with van der Waals surface area (Å²) in [4.78, 5) is 12.7. The smallest absolute Gasteiger partial charge is 0.259 e. The molecular weight excluding hydrogens is 386 g/mol. The van der Waals surface area contributed by atoms with Gasteiger partial charge in [-0.25, -0.2) is 0 Å². The highest BCUT2D eigenvalue weighted by Gasteiger charge is 2.18. The molecule has 1 N–H and O–H groups in total. The van der Waals surface area contributed by atoms with Gasteiger partial charge in [0.25, 0.3) is 5.91 Å². The normalized spacial score (nSPS) is 16.5. The number of hydrogen-bond acceptors (Lipinski definition) is 4. The molecule has 1 fully saturated rings. The summed E-state index contributed by atoms with van der Waals surface area (Å²) in [6.07, 6.45) is 2.19. The number of methoxy groups -OCH3 is 1. The summed E-state index contributed by atoms with van der Waals surface area (Å²) < 4.78 is 17.5. The van der Waals surface area contributed by atoms with Gasteiger partial charge in [0, 0.05) is 11.1 Å². The highest BCUT2D eigenvalue weighted by molar-refractivity contribution is 9.10. The zero-order chi connectivity index (χ0) is 17.6. The van der Waals surface area contributed by atoms with Crippen molar-refractivity contribution in [2.75, 3.05) is 25.6 Å². The minimum atomic E-state index is -0.258. The summed E-state index contributed by atoms with van der Waals surface area (Å²) in [5, 5.41) is 2.90. The van der Waals surface area contributed by atoms with Gasteiger partial charge in [-0.3, -0.25) is 4.79 Å². The first kappa shape index (κ1) is 17.8. The van der Waals surface area contributed by atoms with E-state index in [0.717, 1.165) is 23.9 Å². The summed E-state index contributed by atoms with van der Waals surface area (Å²) in [6.45, 7) is 1.27. The number of nitrogens with one attached hydrogen (secondary N) is 1. The van der Waals surface area contributed by atoms with Crippen molar-refractivity contribution >= 4 is 27.5 Å². The Morgan fingerprint density at radius 3 is 2.88 bits per heavy atom. The molecule has 0 saturated carbocycles. The number of carbonyl (C=O) groups excluding carboxylic acids is 1. The third-order valence-electron chi connectivity index (χ3n) is 3.99. The van der Waals surface area contributed by atoms with Crippen LogP contribution in [-0.2, 0) is 4.74 Å². The maximum absolute atomic E-state index is 12.7. The van der Waals surface area contributed by atoms with Crippen molar-refractivity contribution in [3.63, 3.8) is 0 Å². The molecule has 6 heteroatoms. The van der Waals surface area contributed by atoms with Crippen molar-refractivity contribution in [1.29, 1.82) is 0 Å². The molecule has 1 aliphatic heterocycles. The number of para-hydroxylation sites is 2. The lowest BCUT2D eigenvalue weighted by atomic mass is 10.1. The number of anilines is 1. The Bertz CT molecular complexity index is 744. The summed E-state index contributed by atoms with van der Waals surface area (Å²) in [6, 6.07) is 12.7. The lowest BCUT2D eigenvalue weighted by Crippen LogP contribution is -2.18. The predicted molar refractivity (Wildman–Crippen MR) is 99.6 cm³/mol. The first-order valence-corrected chi connectivity index (χ1v) is 8.95. The molecule has 2 aromatic carbocycles. The molecule has 25 heavy (non-hydrogen) atoms. The summed E-state index contributed by atoms with van der Waals surface area (Å²) in [5.74, 6) is 0.880. The van der Waals surface area contributed by atoms with Crippen LogP contribution in [0.25, 0.3) is 0 Å². The Labute approximate surface area is 155 Å². The minimum Gasteiger partial charge on any atom is -0.496 e. The number of ether oxygens (including phenoxy) is 3. The molecule has 0 bridgehead atoms. The third kappa shape index (κ3) is 4.52. The Morgan fingerprint density at radius 2 is 2.12 bits per heavy atom. The molecule has 0 aromatic heterocycles. The molecule has 0 aliphatic carbocycles. The first-order chi connectivity index (χ1) is 12.2. The predicted octanol–water partition coefficient (Wildman–Crippen LogP) is 4.27. The summed E-state index contributed by atoms with van der Waals surface area (Å²) in [5.41, 5.74) is 1.07. The van der Waals surface area contributed by atoms with E-state index in [-0.39, 0.29) is 12.0 Å². The molecule has 0 radical (unpaired) electrons. The Morgan fingerprint density at radius 1 is 1.28 bits per heavy atom. The van der Waals surface area contributed by atoms with Crippen LogP contribution in [0.15, 0.2) is 46.9 Å². The molecule has 132 valence electrons. The maximum Gasteiger partial charge on any atom is 0.259 e. The highest BCUT2D eigenvalue weighted by Crippen LogP contribution is 2.28. The lowest BCUT2D eigenvalue weighted by Gasteiger charge is -2.16. The molecule has 1 heterocycles. The van der Waals surface area contributed by atoms with E-state index in [2.05, 4.69) is 21.2 Å². The van der Waals surface area contributed by atoms with E-state index in [4.69, 9.17) is 14.2 Å². The fourth-order valence-corrected chi connectivity index (χ4v) is 3.06. The van der Waals surface area contributed by atoms with Gasteiger partial charge in [-0.15, -0.1) is 0 Å². The van der Waals surface area contributed by atoms with E-state index in [1.165, 1.54) is 0 Å². The van der Waals surface area contributed by atoms with E-state index in [1.54, 1.807) is 19.2 Å². The summed E-state index contributed by atoms with van der Waals surface area (Å²) in [7, 11) is 1.54. The standard InChI is InChI=1S/C19H20BrNO4/c1-23-17-9-8-13(20)11-15(17)19(22)21-16-6-2-3-7-18(16)25-12-14-5-4-10-24-14/h2-3,6-9,11,14H,4-5,10,12H2,1H3,(H,21,22). The highest BCUT2D eigenvalue weighted by atomic mass is 79.9. The van der Waals surface area contributed by atoms with Crippen LogP contribution in [-0.4, -0.2) is 32.3 Å². The molecule has 5 nitrogen and oxygen atoms in total. The van der Waals surface area contributed by atoms with Crippen LogP contribution >= 0.6 is 15.9 Å². The molecular formula is C19H20BrNO4. The molecule has 1 amide bonds. The monoisotopic (exact) mass is 405 g/mol. The van der Waals surface area contributed by atoms with E-state index in [1.807, 2.05) is 30.3 Å². The average molecular weight is 406 g/mol.